The van der Waals surface area contributed by atoms with Gasteiger partial charge in [0, 0.05) is 18.1 Å². The molecule has 6 nitrogen and oxygen atoms in total. The Hall–Kier alpha value is -2.83. The molecule has 2 aromatic rings. The first-order valence-corrected chi connectivity index (χ1v) is 6.09. The first-order chi connectivity index (χ1) is 10.1. The number of anilines is 1. The minimum Gasteiger partial charge on any atom is -0.448 e. The van der Waals surface area contributed by atoms with Crippen LogP contribution in [0.2, 0.25) is 0 Å². The van der Waals surface area contributed by atoms with Crippen molar-refractivity contribution in [2.24, 2.45) is 0 Å². The molecule has 21 heavy (non-hydrogen) atoms. The van der Waals surface area contributed by atoms with Gasteiger partial charge in [0.25, 0.3) is 5.91 Å². The molecule has 0 saturated heterocycles. The van der Waals surface area contributed by atoms with E-state index < -0.39 is 23.8 Å². The second-order valence-corrected chi connectivity index (χ2v) is 4.13. The van der Waals surface area contributed by atoms with Crippen molar-refractivity contribution in [3.05, 3.63) is 54.4 Å². The largest absolute Gasteiger partial charge is 0.448 e. The first kappa shape index (κ1) is 14.6. The second kappa shape index (κ2) is 6.56. The van der Waals surface area contributed by atoms with Crippen molar-refractivity contribution in [2.45, 2.75) is 13.0 Å². The summed E-state index contributed by atoms with van der Waals surface area (Å²) in [7, 11) is 0. The van der Waals surface area contributed by atoms with Crippen LogP contribution in [0.15, 0.2) is 42.9 Å². The van der Waals surface area contributed by atoms with E-state index in [1.165, 1.54) is 49.8 Å². The fraction of sp³-hybridized carbons (Fsp3) is 0.143. The Labute approximate surface area is 120 Å². The second-order valence-electron chi connectivity index (χ2n) is 4.13. The predicted molar refractivity (Wildman–Crippen MR) is 71.9 cm³/mol. The third-order valence-corrected chi connectivity index (χ3v) is 2.54. The number of halogens is 1. The molecule has 0 radical (unpaired) electrons. The number of aromatic nitrogens is 2. The van der Waals surface area contributed by atoms with Gasteiger partial charge >= 0.3 is 5.97 Å². The van der Waals surface area contributed by atoms with Crippen LogP contribution in [0.25, 0.3) is 0 Å². The molecular weight excluding hydrogens is 277 g/mol. The summed E-state index contributed by atoms with van der Waals surface area (Å²) in [4.78, 5) is 31.1. The highest BCUT2D eigenvalue weighted by Crippen LogP contribution is 2.09. The number of carbonyl (C=O) groups is 2. The van der Waals surface area contributed by atoms with Gasteiger partial charge in [0.05, 0.1) is 6.20 Å². The van der Waals surface area contributed by atoms with Crippen LogP contribution in [0.5, 0.6) is 0 Å². The number of amides is 1. The van der Waals surface area contributed by atoms with Crippen molar-refractivity contribution >= 4 is 17.6 Å². The summed E-state index contributed by atoms with van der Waals surface area (Å²) in [6, 6.07) is 5.24. The number of benzene rings is 1. The van der Waals surface area contributed by atoms with Crippen molar-refractivity contribution in [1.82, 2.24) is 9.97 Å². The first-order valence-electron chi connectivity index (χ1n) is 6.09. The molecule has 0 fully saturated rings. The third-order valence-electron chi connectivity index (χ3n) is 2.54. The van der Waals surface area contributed by atoms with Crippen LogP contribution < -0.4 is 5.32 Å². The van der Waals surface area contributed by atoms with Gasteiger partial charge < -0.3 is 10.1 Å². The van der Waals surface area contributed by atoms with Gasteiger partial charge in [0.2, 0.25) is 0 Å². The smallest absolute Gasteiger partial charge is 0.359 e. The minimum atomic E-state index is -1.02. The fourth-order valence-corrected chi connectivity index (χ4v) is 1.46. The zero-order chi connectivity index (χ0) is 15.2. The summed E-state index contributed by atoms with van der Waals surface area (Å²) in [5, 5.41) is 2.51. The Morgan fingerprint density at radius 3 is 2.57 bits per heavy atom. The average molecular weight is 289 g/mol. The van der Waals surface area contributed by atoms with Gasteiger partial charge in [-0.25, -0.2) is 14.2 Å². The number of esters is 1. The molecule has 1 heterocycles. The number of hydrogen-bond donors (Lipinski definition) is 1. The maximum Gasteiger partial charge on any atom is 0.359 e. The molecule has 0 aliphatic heterocycles. The molecule has 1 amide bonds. The third kappa shape index (κ3) is 4.07. The highest BCUT2D eigenvalue weighted by molar-refractivity contribution is 5.96. The van der Waals surface area contributed by atoms with Crippen LogP contribution in [-0.2, 0) is 9.53 Å². The summed E-state index contributed by atoms with van der Waals surface area (Å²) >= 11 is 0. The van der Waals surface area contributed by atoms with Crippen LogP contribution in [0.4, 0.5) is 10.1 Å². The van der Waals surface area contributed by atoms with E-state index in [0.29, 0.717) is 5.69 Å². The predicted octanol–water partition coefficient (Wildman–Crippen LogP) is 1.80. The molecule has 1 aromatic carbocycles. The van der Waals surface area contributed by atoms with E-state index in [-0.39, 0.29) is 5.69 Å². The van der Waals surface area contributed by atoms with Crippen LogP contribution >= 0.6 is 0 Å². The lowest BCUT2D eigenvalue weighted by Gasteiger charge is -2.13. The topological polar surface area (TPSA) is 81.2 Å². The molecule has 1 atom stereocenters. The number of nitrogens with one attached hydrogen (secondary N) is 1. The molecule has 0 aliphatic rings. The van der Waals surface area contributed by atoms with E-state index in [4.69, 9.17) is 4.74 Å². The standard InChI is InChI=1S/C14H12FN3O3/c1-9(21-14(20)12-8-16-6-7-17-12)13(19)18-11-4-2-10(15)3-5-11/h2-9H,1H3,(H,18,19)/t9-/m1/s1. The van der Waals surface area contributed by atoms with Crippen molar-refractivity contribution < 1.29 is 18.7 Å². The summed E-state index contributed by atoms with van der Waals surface area (Å²) in [5.74, 6) is -1.68. The SMILES string of the molecule is C[C@@H](OC(=O)c1cnccn1)C(=O)Nc1ccc(F)cc1. The molecule has 0 saturated carbocycles. The molecule has 0 unspecified atom stereocenters. The zero-order valence-electron chi connectivity index (χ0n) is 11.1. The highest BCUT2D eigenvalue weighted by Gasteiger charge is 2.19. The van der Waals surface area contributed by atoms with Crippen molar-refractivity contribution in [3.8, 4) is 0 Å². The number of nitrogens with zero attached hydrogens (tertiary/aromatic N) is 2. The molecule has 1 aromatic heterocycles. The fourth-order valence-electron chi connectivity index (χ4n) is 1.46. The Bertz CT molecular complexity index is 632. The number of carbonyl (C=O) groups excluding carboxylic acids is 2. The van der Waals surface area contributed by atoms with Gasteiger partial charge in [-0.15, -0.1) is 0 Å². The van der Waals surface area contributed by atoms with Gasteiger partial charge in [-0.3, -0.25) is 9.78 Å². The molecule has 7 heteroatoms. The Kier molecular flexibility index (Phi) is 4.55. The lowest BCUT2D eigenvalue weighted by atomic mass is 10.3. The number of rotatable bonds is 4. The van der Waals surface area contributed by atoms with E-state index in [1.807, 2.05) is 0 Å². The molecule has 2 rings (SSSR count). The Balaban J connectivity index is 1.93. The van der Waals surface area contributed by atoms with Crippen LogP contribution in [0.3, 0.4) is 0 Å². The minimum absolute atomic E-state index is 0.0129. The van der Waals surface area contributed by atoms with E-state index in [0.717, 1.165) is 0 Å². The van der Waals surface area contributed by atoms with E-state index in [2.05, 4.69) is 15.3 Å². The van der Waals surface area contributed by atoms with Crippen molar-refractivity contribution in [3.63, 3.8) is 0 Å². The van der Waals surface area contributed by atoms with Crippen LogP contribution in [-0.4, -0.2) is 27.9 Å². The highest BCUT2D eigenvalue weighted by atomic mass is 19.1. The maximum absolute atomic E-state index is 12.7. The quantitative estimate of drug-likeness (QED) is 0.868. The van der Waals surface area contributed by atoms with E-state index >= 15 is 0 Å². The molecule has 1 N–H and O–H groups in total. The van der Waals surface area contributed by atoms with Gasteiger partial charge in [-0.1, -0.05) is 0 Å². The van der Waals surface area contributed by atoms with E-state index in [1.54, 1.807) is 0 Å². The number of hydrogen-bond acceptors (Lipinski definition) is 5. The van der Waals surface area contributed by atoms with Crippen LogP contribution in [0.1, 0.15) is 17.4 Å². The van der Waals surface area contributed by atoms with Gasteiger partial charge in [0.1, 0.15) is 5.82 Å². The Morgan fingerprint density at radius 1 is 1.24 bits per heavy atom. The average Bonchev–Trinajstić information content (AvgIpc) is 2.50. The lowest BCUT2D eigenvalue weighted by molar-refractivity contribution is -0.123. The maximum atomic E-state index is 12.7. The van der Waals surface area contributed by atoms with Crippen molar-refractivity contribution in [2.75, 3.05) is 5.32 Å². The summed E-state index contributed by atoms with van der Waals surface area (Å²) in [6.07, 6.45) is 2.98. The normalized spacial score (nSPS) is 11.5. The zero-order valence-corrected chi connectivity index (χ0v) is 11.1. The molecule has 0 bridgehead atoms. The summed E-state index contributed by atoms with van der Waals surface area (Å²) in [6.45, 7) is 1.42. The molecule has 108 valence electrons. The van der Waals surface area contributed by atoms with E-state index in [9.17, 15) is 14.0 Å². The summed E-state index contributed by atoms with van der Waals surface area (Å²) in [5.41, 5.74) is 0.419. The molecular formula is C14H12FN3O3. The molecule has 0 spiro atoms. The summed E-state index contributed by atoms with van der Waals surface area (Å²) < 4.78 is 17.7. The van der Waals surface area contributed by atoms with Gasteiger partial charge in [0.15, 0.2) is 11.8 Å². The van der Waals surface area contributed by atoms with Crippen LogP contribution in [0, 0.1) is 5.82 Å². The lowest BCUT2D eigenvalue weighted by Crippen LogP contribution is -2.30. The Morgan fingerprint density at radius 2 is 1.95 bits per heavy atom. The van der Waals surface area contributed by atoms with Crippen molar-refractivity contribution in [1.29, 1.82) is 0 Å². The van der Waals surface area contributed by atoms with Gasteiger partial charge in [-0.05, 0) is 31.2 Å². The van der Waals surface area contributed by atoms with Gasteiger partial charge in [-0.2, -0.15) is 0 Å². The monoisotopic (exact) mass is 289 g/mol. The number of ether oxygens (including phenoxy) is 1. The molecule has 0 aliphatic carbocycles.